The standard InChI is InChI=1S/C14H22O4S2/c1-3-4-9-18-10-12(15)11-19-13-5-7-14(8-6-13)20(2,16)17/h5-8,12,15H,3-4,9-11H2,1-2H3. The van der Waals surface area contributed by atoms with E-state index in [4.69, 9.17) is 4.74 Å². The number of unbranched alkanes of at least 4 members (excludes halogenated alkanes) is 1. The third-order valence-corrected chi connectivity index (χ3v) is 4.93. The van der Waals surface area contributed by atoms with E-state index in [1.54, 1.807) is 24.3 Å². The van der Waals surface area contributed by atoms with E-state index in [0.29, 0.717) is 23.9 Å². The van der Waals surface area contributed by atoms with Crippen molar-refractivity contribution in [1.29, 1.82) is 0 Å². The fourth-order valence-electron chi connectivity index (χ4n) is 1.49. The zero-order valence-corrected chi connectivity index (χ0v) is 13.5. The van der Waals surface area contributed by atoms with Crippen LogP contribution in [0.2, 0.25) is 0 Å². The van der Waals surface area contributed by atoms with Gasteiger partial charge in [0.15, 0.2) is 9.84 Å². The highest BCUT2D eigenvalue weighted by molar-refractivity contribution is 7.99. The number of hydrogen-bond donors (Lipinski definition) is 1. The lowest BCUT2D eigenvalue weighted by Crippen LogP contribution is -2.18. The van der Waals surface area contributed by atoms with E-state index in [0.717, 1.165) is 17.7 Å². The Balaban J connectivity index is 2.35. The summed E-state index contributed by atoms with van der Waals surface area (Å²) in [4.78, 5) is 1.25. The van der Waals surface area contributed by atoms with Crippen LogP contribution < -0.4 is 0 Å². The number of aliphatic hydroxyl groups is 1. The predicted octanol–water partition coefficient (Wildman–Crippen LogP) is 2.36. The van der Waals surface area contributed by atoms with E-state index in [-0.39, 0.29) is 0 Å². The van der Waals surface area contributed by atoms with E-state index in [9.17, 15) is 13.5 Å². The fourth-order valence-corrected chi connectivity index (χ4v) is 2.93. The van der Waals surface area contributed by atoms with Crippen molar-refractivity contribution in [2.45, 2.75) is 35.7 Å². The van der Waals surface area contributed by atoms with Crippen molar-refractivity contribution < 1.29 is 18.3 Å². The summed E-state index contributed by atoms with van der Waals surface area (Å²) in [6.45, 7) is 3.12. The molecule has 0 bridgehead atoms. The molecule has 0 fully saturated rings. The lowest BCUT2D eigenvalue weighted by molar-refractivity contribution is 0.0473. The zero-order valence-electron chi connectivity index (χ0n) is 11.9. The molecule has 1 rings (SSSR count). The molecule has 0 saturated heterocycles. The Hall–Kier alpha value is -0.560. The molecule has 0 aromatic heterocycles. The van der Waals surface area contributed by atoms with Gasteiger partial charge in [-0.05, 0) is 30.7 Å². The summed E-state index contributed by atoms with van der Waals surface area (Å²) in [6, 6.07) is 6.68. The molecule has 0 saturated carbocycles. The van der Waals surface area contributed by atoms with Crippen LogP contribution in [0.5, 0.6) is 0 Å². The van der Waals surface area contributed by atoms with Gasteiger partial charge in [-0.3, -0.25) is 0 Å². The minimum atomic E-state index is -3.15. The highest BCUT2D eigenvalue weighted by Gasteiger charge is 2.08. The van der Waals surface area contributed by atoms with Crippen molar-refractivity contribution in [2.75, 3.05) is 25.2 Å². The minimum Gasteiger partial charge on any atom is -0.390 e. The van der Waals surface area contributed by atoms with Gasteiger partial charge in [0.05, 0.1) is 17.6 Å². The van der Waals surface area contributed by atoms with Crippen molar-refractivity contribution in [1.82, 2.24) is 0 Å². The molecule has 4 nitrogen and oxygen atoms in total. The average molecular weight is 318 g/mol. The van der Waals surface area contributed by atoms with Crippen LogP contribution in [0.15, 0.2) is 34.1 Å². The molecule has 0 spiro atoms. The molecule has 0 aliphatic carbocycles. The molecule has 6 heteroatoms. The molecule has 1 aromatic rings. The Morgan fingerprint density at radius 2 is 1.95 bits per heavy atom. The third-order valence-electron chi connectivity index (χ3n) is 2.65. The zero-order chi connectivity index (χ0) is 15.0. The predicted molar refractivity (Wildman–Crippen MR) is 82.0 cm³/mol. The first-order valence-electron chi connectivity index (χ1n) is 6.62. The van der Waals surface area contributed by atoms with Crippen LogP contribution in [-0.2, 0) is 14.6 Å². The smallest absolute Gasteiger partial charge is 0.175 e. The molecule has 1 unspecified atom stereocenters. The maximum atomic E-state index is 11.3. The summed E-state index contributed by atoms with van der Waals surface area (Å²) in [5.41, 5.74) is 0. The summed E-state index contributed by atoms with van der Waals surface area (Å²) < 4.78 is 28.0. The second-order valence-electron chi connectivity index (χ2n) is 4.64. The quantitative estimate of drug-likeness (QED) is 0.559. The maximum Gasteiger partial charge on any atom is 0.175 e. The molecular formula is C14H22O4S2. The first-order chi connectivity index (χ1) is 9.43. The largest absolute Gasteiger partial charge is 0.390 e. The number of sulfone groups is 1. The van der Waals surface area contributed by atoms with E-state index in [2.05, 4.69) is 6.92 Å². The van der Waals surface area contributed by atoms with Gasteiger partial charge < -0.3 is 9.84 Å². The Morgan fingerprint density at radius 1 is 1.30 bits per heavy atom. The van der Waals surface area contributed by atoms with Gasteiger partial charge in [-0.2, -0.15) is 0 Å². The van der Waals surface area contributed by atoms with Gasteiger partial charge in [0.25, 0.3) is 0 Å². The van der Waals surface area contributed by atoms with Gasteiger partial charge >= 0.3 is 0 Å². The van der Waals surface area contributed by atoms with Crippen LogP contribution in [0.25, 0.3) is 0 Å². The van der Waals surface area contributed by atoms with Gasteiger partial charge in [0.2, 0.25) is 0 Å². The van der Waals surface area contributed by atoms with Crippen molar-refractivity contribution in [3.63, 3.8) is 0 Å². The molecular weight excluding hydrogens is 296 g/mol. The highest BCUT2D eigenvalue weighted by Crippen LogP contribution is 2.21. The number of benzene rings is 1. The fraction of sp³-hybridized carbons (Fsp3) is 0.571. The van der Waals surface area contributed by atoms with Gasteiger partial charge in [0, 0.05) is 23.5 Å². The summed E-state index contributed by atoms with van der Waals surface area (Å²) in [5, 5.41) is 9.75. The van der Waals surface area contributed by atoms with Gasteiger partial charge in [-0.15, -0.1) is 11.8 Å². The number of hydrogen-bond acceptors (Lipinski definition) is 5. The second-order valence-corrected chi connectivity index (χ2v) is 7.75. The number of ether oxygens (including phenoxy) is 1. The van der Waals surface area contributed by atoms with Gasteiger partial charge in [-0.25, -0.2) is 8.42 Å². The van der Waals surface area contributed by atoms with Gasteiger partial charge in [-0.1, -0.05) is 13.3 Å². The molecule has 0 radical (unpaired) electrons. The third kappa shape index (κ3) is 6.74. The van der Waals surface area contributed by atoms with Crippen molar-refractivity contribution >= 4 is 21.6 Å². The topological polar surface area (TPSA) is 63.6 Å². The number of thioether (sulfide) groups is 1. The van der Waals surface area contributed by atoms with E-state index in [1.807, 2.05) is 0 Å². The average Bonchev–Trinajstić information content (AvgIpc) is 2.41. The van der Waals surface area contributed by atoms with Crippen molar-refractivity contribution in [3.8, 4) is 0 Å². The summed E-state index contributed by atoms with van der Waals surface area (Å²) >= 11 is 1.49. The van der Waals surface area contributed by atoms with Crippen LogP contribution in [-0.4, -0.2) is 44.9 Å². The van der Waals surface area contributed by atoms with Gasteiger partial charge in [0.1, 0.15) is 0 Å². The van der Waals surface area contributed by atoms with Crippen LogP contribution in [0.4, 0.5) is 0 Å². The second kappa shape index (κ2) is 8.67. The number of rotatable bonds is 9. The molecule has 0 amide bonds. The SMILES string of the molecule is CCCCOCC(O)CSc1ccc(S(C)(=O)=O)cc1. The summed E-state index contributed by atoms with van der Waals surface area (Å²) in [6.07, 6.45) is 2.77. The maximum absolute atomic E-state index is 11.3. The molecule has 114 valence electrons. The van der Waals surface area contributed by atoms with Crippen LogP contribution >= 0.6 is 11.8 Å². The number of aliphatic hydroxyl groups excluding tert-OH is 1. The first-order valence-corrected chi connectivity index (χ1v) is 9.50. The molecule has 1 atom stereocenters. The summed E-state index contributed by atoms with van der Waals surface area (Å²) in [5.74, 6) is 0.532. The molecule has 20 heavy (non-hydrogen) atoms. The molecule has 1 N–H and O–H groups in total. The Bertz CT molecular complexity index is 482. The Morgan fingerprint density at radius 3 is 2.50 bits per heavy atom. The minimum absolute atomic E-state index is 0.310. The monoisotopic (exact) mass is 318 g/mol. The van der Waals surface area contributed by atoms with Crippen LogP contribution in [0.3, 0.4) is 0 Å². The Kier molecular flexibility index (Phi) is 7.58. The van der Waals surface area contributed by atoms with E-state index >= 15 is 0 Å². The molecule has 0 aliphatic heterocycles. The lowest BCUT2D eigenvalue weighted by Gasteiger charge is -2.11. The lowest BCUT2D eigenvalue weighted by atomic mass is 10.3. The van der Waals surface area contributed by atoms with E-state index in [1.165, 1.54) is 18.0 Å². The van der Waals surface area contributed by atoms with E-state index < -0.39 is 15.9 Å². The van der Waals surface area contributed by atoms with Crippen molar-refractivity contribution in [2.24, 2.45) is 0 Å². The van der Waals surface area contributed by atoms with Crippen LogP contribution in [0, 0.1) is 0 Å². The Labute approximate surface area is 125 Å². The van der Waals surface area contributed by atoms with Crippen molar-refractivity contribution in [3.05, 3.63) is 24.3 Å². The van der Waals surface area contributed by atoms with Crippen LogP contribution in [0.1, 0.15) is 19.8 Å². The molecule has 0 heterocycles. The first kappa shape index (κ1) is 17.5. The molecule has 1 aromatic carbocycles. The normalized spacial score (nSPS) is 13.3. The summed E-state index contributed by atoms with van der Waals surface area (Å²) in [7, 11) is -3.15. The molecule has 0 aliphatic rings. The highest BCUT2D eigenvalue weighted by atomic mass is 32.2.